The van der Waals surface area contributed by atoms with Crippen molar-refractivity contribution >= 4 is 22.7 Å². The summed E-state index contributed by atoms with van der Waals surface area (Å²) in [4.78, 5) is 17.0. The summed E-state index contributed by atoms with van der Waals surface area (Å²) in [6.07, 6.45) is 1.44. The summed E-state index contributed by atoms with van der Waals surface area (Å²) < 4.78 is 5.22. The fourth-order valence-electron chi connectivity index (χ4n) is 2.33. The molecule has 0 aliphatic heterocycles. The number of nitrogens with zero attached hydrogens (tertiary/aromatic N) is 1. The number of rotatable bonds is 4. The Balaban J connectivity index is 2.10. The second-order valence-corrected chi connectivity index (χ2v) is 6.86. The second kappa shape index (κ2) is 6.50. The molecule has 2 rings (SSSR count). The highest BCUT2D eigenvalue weighted by atomic mass is 16.6. The Hall–Kier alpha value is -2.21. The van der Waals surface area contributed by atoms with Gasteiger partial charge in [0.1, 0.15) is 5.60 Å². The number of ether oxygens (including phenoxy) is 1. The molecule has 6 heteroatoms. The first-order valence-corrected chi connectivity index (χ1v) is 7.68. The summed E-state index contributed by atoms with van der Waals surface area (Å²) in [7, 11) is 4.00. The van der Waals surface area contributed by atoms with Crippen LogP contribution in [-0.4, -0.2) is 37.3 Å². The molecule has 1 aromatic heterocycles. The van der Waals surface area contributed by atoms with E-state index in [0.717, 1.165) is 22.2 Å². The van der Waals surface area contributed by atoms with Crippen LogP contribution in [-0.2, 0) is 4.74 Å². The molecular weight excluding hydrogens is 292 g/mol. The lowest BCUT2D eigenvalue weighted by Gasteiger charge is -2.20. The van der Waals surface area contributed by atoms with Crippen molar-refractivity contribution in [2.24, 2.45) is 5.73 Å². The molecule has 0 saturated heterocycles. The molecule has 1 unspecified atom stereocenters. The van der Waals surface area contributed by atoms with Crippen molar-refractivity contribution in [1.29, 1.82) is 0 Å². The molecule has 1 aromatic carbocycles. The first-order chi connectivity index (χ1) is 10.7. The predicted molar refractivity (Wildman–Crippen MR) is 93.8 cm³/mol. The zero-order chi connectivity index (χ0) is 17.2. The van der Waals surface area contributed by atoms with Gasteiger partial charge < -0.3 is 25.7 Å². The van der Waals surface area contributed by atoms with Crippen molar-refractivity contribution < 1.29 is 9.53 Å². The van der Waals surface area contributed by atoms with E-state index in [4.69, 9.17) is 10.5 Å². The number of aromatic amines is 1. The molecule has 126 valence electrons. The average Bonchev–Trinajstić information content (AvgIpc) is 2.85. The third-order valence-corrected chi connectivity index (χ3v) is 3.48. The van der Waals surface area contributed by atoms with Crippen LogP contribution < -0.4 is 16.0 Å². The van der Waals surface area contributed by atoms with Crippen molar-refractivity contribution in [2.75, 3.05) is 25.5 Å². The lowest BCUT2D eigenvalue weighted by Crippen LogP contribution is -2.36. The minimum Gasteiger partial charge on any atom is -0.444 e. The lowest BCUT2D eigenvalue weighted by molar-refractivity contribution is 0.0524. The molecule has 0 bridgehead atoms. The van der Waals surface area contributed by atoms with Crippen LogP contribution in [0.2, 0.25) is 0 Å². The van der Waals surface area contributed by atoms with Crippen LogP contribution in [0.25, 0.3) is 10.9 Å². The number of benzene rings is 1. The number of amides is 1. The standard InChI is InChI=1S/C17H26N4O2/c1-17(2,3)23-16(22)20-10-14(18)13-9-19-15-7-6-11(21(4)5)8-12(13)15/h6-9,14,19H,10,18H2,1-5H3,(H,20,22). The fourth-order valence-corrected chi connectivity index (χ4v) is 2.33. The Morgan fingerprint density at radius 2 is 2.09 bits per heavy atom. The van der Waals surface area contributed by atoms with Crippen LogP contribution in [0.3, 0.4) is 0 Å². The molecule has 4 N–H and O–H groups in total. The van der Waals surface area contributed by atoms with E-state index in [9.17, 15) is 4.79 Å². The zero-order valence-corrected chi connectivity index (χ0v) is 14.4. The summed E-state index contributed by atoms with van der Waals surface area (Å²) in [5.41, 5.74) is 8.82. The Morgan fingerprint density at radius 3 is 2.70 bits per heavy atom. The van der Waals surface area contributed by atoms with Gasteiger partial charge in [0.25, 0.3) is 0 Å². The first kappa shape index (κ1) is 17.1. The second-order valence-electron chi connectivity index (χ2n) is 6.86. The molecule has 1 amide bonds. The van der Waals surface area contributed by atoms with E-state index < -0.39 is 11.7 Å². The number of aromatic nitrogens is 1. The predicted octanol–water partition coefficient (Wildman–Crippen LogP) is 2.76. The normalized spacial score (nSPS) is 13.0. The van der Waals surface area contributed by atoms with Gasteiger partial charge in [-0.2, -0.15) is 0 Å². The van der Waals surface area contributed by atoms with Gasteiger partial charge in [0.05, 0.1) is 0 Å². The molecule has 6 nitrogen and oxygen atoms in total. The largest absolute Gasteiger partial charge is 0.444 e. The van der Waals surface area contributed by atoms with Crippen molar-refractivity contribution in [3.8, 4) is 0 Å². The number of carbonyl (C=O) groups is 1. The van der Waals surface area contributed by atoms with E-state index in [1.54, 1.807) is 0 Å². The van der Waals surface area contributed by atoms with E-state index in [1.165, 1.54) is 0 Å². The van der Waals surface area contributed by atoms with Crippen LogP contribution >= 0.6 is 0 Å². The van der Waals surface area contributed by atoms with E-state index in [-0.39, 0.29) is 6.04 Å². The molecule has 0 spiro atoms. The molecule has 0 radical (unpaired) electrons. The number of fused-ring (bicyclic) bond motifs is 1. The molecule has 2 aromatic rings. The summed E-state index contributed by atoms with van der Waals surface area (Å²) in [6.45, 7) is 5.80. The number of nitrogens with one attached hydrogen (secondary N) is 2. The van der Waals surface area contributed by atoms with Crippen LogP contribution in [0.15, 0.2) is 24.4 Å². The van der Waals surface area contributed by atoms with E-state index >= 15 is 0 Å². The van der Waals surface area contributed by atoms with Crippen molar-refractivity contribution in [3.63, 3.8) is 0 Å². The van der Waals surface area contributed by atoms with E-state index in [2.05, 4.69) is 16.4 Å². The van der Waals surface area contributed by atoms with Gasteiger partial charge in [-0.3, -0.25) is 0 Å². The summed E-state index contributed by atoms with van der Waals surface area (Å²) in [5.74, 6) is 0. The Labute approximate surface area is 137 Å². The topological polar surface area (TPSA) is 83.4 Å². The summed E-state index contributed by atoms with van der Waals surface area (Å²) in [5, 5.41) is 3.78. The molecule has 1 heterocycles. The Morgan fingerprint density at radius 1 is 1.39 bits per heavy atom. The van der Waals surface area contributed by atoms with Crippen molar-refractivity contribution in [1.82, 2.24) is 10.3 Å². The highest BCUT2D eigenvalue weighted by molar-refractivity contribution is 5.87. The lowest BCUT2D eigenvalue weighted by atomic mass is 10.1. The maximum atomic E-state index is 11.7. The average molecular weight is 318 g/mol. The number of hydrogen-bond acceptors (Lipinski definition) is 4. The monoisotopic (exact) mass is 318 g/mol. The molecule has 1 atom stereocenters. The zero-order valence-electron chi connectivity index (χ0n) is 14.4. The third-order valence-electron chi connectivity index (χ3n) is 3.48. The van der Waals surface area contributed by atoms with Gasteiger partial charge in [0, 0.05) is 49.5 Å². The minimum atomic E-state index is -0.518. The number of H-pyrrole nitrogens is 1. The maximum absolute atomic E-state index is 11.7. The number of nitrogens with two attached hydrogens (primary N) is 1. The van der Waals surface area contributed by atoms with Gasteiger partial charge in [-0.15, -0.1) is 0 Å². The number of alkyl carbamates (subject to hydrolysis) is 1. The fraction of sp³-hybridized carbons (Fsp3) is 0.471. The quantitative estimate of drug-likeness (QED) is 0.809. The first-order valence-electron chi connectivity index (χ1n) is 7.68. The molecule has 23 heavy (non-hydrogen) atoms. The molecule has 0 saturated carbocycles. The van der Waals surface area contributed by atoms with Gasteiger partial charge in [0.2, 0.25) is 0 Å². The molecule has 0 fully saturated rings. The van der Waals surface area contributed by atoms with E-state index in [0.29, 0.717) is 6.54 Å². The highest BCUT2D eigenvalue weighted by Gasteiger charge is 2.18. The molecule has 0 aliphatic carbocycles. The number of anilines is 1. The van der Waals surface area contributed by atoms with Crippen LogP contribution in [0.1, 0.15) is 32.4 Å². The number of hydrogen-bond donors (Lipinski definition) is 3. The van der Waals surface area contributed by atoms with Gasteiger partial charge in [-0.25, -0.2) is 4.79 Å². The van der Waals surface area contributed by atoms with Crippen LogP contribution in [0.5, 0.6) is 0 Å². The van der Waals surface area contributed by atoms with Crippen LogP contribution in [0, 0.1) is 0 Å². The smallest absolute Gasteiger partial charge is 0.407 e. The SMILES string of the molecule is CN(C)c1ccc2[nH]cc(C(N)CNC(=O)OC(C)(C)C)c2c1. The van der Waals surface area contributed by atoms with E-state index in [1.807, 2.05) is 58.1 Å². The molecular formula is C17H26N4O2. The van der Waals surface area contributed by atoms with Gasteiger partial charge >= 0.3 is 6.09 Å². The van der Waals surface area contributed by atoms with Crippen molar-refractivity contribution in [3.05, 3.63) is 30.0 Å². The Kier molecular flexibility index (Phi) is 4.85. The van der Waals surface area contributed by atoms with Gasteiger partial charge in [0.15, 0.2) is 0 Å². The third kappa shape index (κ3) is 4.39. The van der Waals surface area contributed by atoms with Gasteiger partial charge in [-0.1, -0.05) is 0 Å². The highest BCUT2D eigenvalue weighted by Crippen LogP contribution is 2.26. The van der Waals surface area contributed by atoms with Gasteiger partial charge in [-0.05, 0) is 44.5 Å². The van der Waals surface area contributed by atoms with Crippen LogP contribution in [0.4, 0.5) is 10.5 Å². The maximum Gasteiger partial charge on any atom is 0.407 e. The Bertz CT molecular complexity index is 685. The minimum absolute atomic E-state index is 0.311. The number of carbonyl (C=O) groups excluding carboxylic acids is 1. The van der Waals surface area contributed by atoms with Crippen molar-refractivity contribution in [2.45, 2.75) is 32.4 Å². The molecule has 0 aliphatic rings. The summed E-state index contributed by atoms with van der Waals surface area (Å²) in [6, 6.07) is 5.86. The summed E-state index contributed by atoms with van der Waals surface area (Å²) >= 11 is 0.